The highest BCUT2D eigenvalue weighted by molar-refractivity contribution is 8.05. The van der Waals surface area contributed by atoms with E-state index in [4.69, 9.17) is 0 Å². The topological polar surface area (TPSA) is 96.1 Å². The van der Waals surface area contributed by atoms with Crippen LogP contribution >= 0.6 is 11.8 Å². The molecule has 2 amide bonds. The van der Waals surface area contributed by atoms with Crippen molar-refractivity contribution in [2.75, 3.05) is 31.1 Å². The maximum absolute atomic E-state index is 12.6. The van der Waals surface area contributed by atoms with E-state index in [2.05, 4.69) is 9.89 Å². The van der Waals surface area contributed by atoms with Gasteiger partial charge in [0.15, 0.2) is 0 Å². The van der Waals surface area contributed by atoms with Gasteiger partial charge in [-0.15, -0.1) is 11.8 Å². The number of carbonyl (C=O) groups is 2. The molecular weight excluding hydrogens is 392 g/mol. The van der Waals surface area contributed by atoms with Gasteiger partial charge >= 0.3 is 0 Å². The van der Waals surface area contributed by atoms with Crippen molar-refractivity contribution in [3.8, 4) is 0 Å². The van der Waals surface area contributed by atoms with Crippen LogP contribution in [-0.2, 0) is 9.59 Å². The quantitative estimate of drug-likeness (QED) is 0.431. The smallest absolute Gasteiger partial charge is 0.283 e. The SMILES string of the molecule is O=C1N=C2C=CC=CC2S/C1=C\C(=O)N1CCN(c2ccc([N+](=O)[O-])cc2)CC1. The summed E-state index contributed by atoms with van der Waals surface area (Å²) < 4.78 is 0. The summed E-state index contributed by atoms with van der Waals surface area (Å²) in [4.78, 5) is 43.4. The zero-order valence-electron chi connectivity index (χ0n) is 15.4. The first-order valence-corrected chi connectivity index (χ1v) is 10.0. The van der Waals surface area contributed by atoms with E-state index in [1.54, 1.807) is 17.0 Å². The highest BCUT2D eigenvalue weighted by Gasteiger charge is 2.28. The van der Waals surface area contributed by atoms with Crippen molar-refractivity contribution in [3.63, 3.8) is 0 Å². The molecule has 9 heteroatoms. The molecule has 3 aliphatic rings. The summed E-state index contributed by atoms with van der Waals surface area (Å²) in [6.07, 6.45) is 8.90. The van der Waals surface area contributed by atoms with Gasteiger partial charge in [0.1, 0.15) is 0 Å². The number of non-ortho nitro benzene ring substituents is 1. The van der Waals surface area contributed by atoms with Crippen LogP contribution in [0.3, 0.4) is 0 Å². The number of aliphatic imine (C=N–C) groups is 1. The van der Waals surface area contributed by atoms with Gasteiger partial charge < -0.3 is 9.80 Å². The van der Waals surface area contributed by atoms with Crippen LogP contribution in [0.4, 0.5) is 11.4 Å². The highest BCUT2D eigenvalue weighted by Crippen LogP contribution is 2.31. The van der Waals surface area contributed by atoms with E-state index < -0.39 is 4.92 Å². The van der Waals surface area contributed by atoms with Crippen LogP contribution < -0.4 is 4.90 Å². The fraction of sp³-hybridized carbons (Fsp3) is 0.250. The average molecular weight is 410 g/mol. The Kier molecular flexibility index (Phi) is 5.30. The number of fused-ring (bicyclic) bond motifs is 1. The van der Waals surface area contributed by atoms with Crippen LogP contribution in [0.1, 0.15) is 0 Å². The monoisotopic (exact) mass is 410 g/mol. The number of nitro benzene ring substituents is 1. The van der Waals surface area contributed by atoms with Crippen molar-refractivity contribution in [3.05, 3.63) is 69.7 Å². The Morgan fingerprint density at radius 3 is 2.59 bits per heavy atom. The van der Waals surface area contributed by atoms with Crippen LogP contribution in [0.2, 0.25) is 0 Å². The average Bonchev–Trinajstić information content (AvgIpc) is 2.74. The van der Waals surface area contributed by atoms with E-state index in [0.29, 0.717) is 36.8 Å². The molecule has 1 aromatic rings. The van der Waals surface area contributed by atoms with Crippen molar-refractivity contribution >= 4 is 40.7 Å². The summed E-state index contributed by atoms with van der Waals surface area (Å²) in [5.41, 5.74) is 1.65. The molecule has 1 atom stereocenters. The molecule has 0 bridgehead atoms. The summed E-state index contributed by atoms with van der Waals surface area (Å²) in [5.74, 6) is -0.572. The van der Waals surface area contributed by atoms with E-state index in [1.165, 1.54) is 30.0 Å². The number of amides is 2. The van der Waals surface area contributed by atoms with Gasteiger partial charge in [-0.3, -0.25) is 19.7 Å². The zero-order valence-corrected chi connectivity index (χ0v) is 16.2. The Balaban J connectivity index is 1.38. The van der Waals surface area contributed by atoms with Gasteiger partial charge in [0.05, 0.1) is 20.8 Å². The lowest BCUT2D eigenvalue weighted by molar-refractivity contribution is -0.384. The molecule has 1 saturated heterocycles. The predicted octanol–water partition coefficient (Wildman–Crippen LogP) is 2.34. The summed E-state index contributed by atoms with van der Waals surface area (Å²) >= 11 is 1.35. The van der Waals surface area contributed by atoms with E-state index >= 15 is 0 Å². The Labute approximate surface area is 171 Å². The fourth-order valence-electron chi connectivity index (χ4n) is 3.34. The Morgan fingerprint density at radius 1 is 1.17 bits per heavy atom. The first-order chi connectivity index (χ1) is 14.0. The third-order valence-corrected chi connectivity index (χ3v) is 6.12. The predicted molar refractivity (Wildman–Crippen MR) is 112 cm³/mol. The lowest BCUT2D eigenvalue weighted by Gasteiger charge is -2.35. The first-order valence-electron chi connectivity index (χ1n) is 9.16. The number of thioether (sulfide) groups is 1. The van der Waals surface area contributed by atoms with Gasteiger partial charge in [0, 0.05) is 50.1 Å². The lowest BCUT2D eigenvalue weighted by Crippen LogP contribution is -2.48. The van der Waals surface area contributed by atoms with Gasteiger partial charge in [0.2, 0.25) is 5.91 Å². The van der Waals surface area contributed by atoms with Crippen LogP contribution in [0, 0.1) is 10.1 Å². The van der Waals surface area contributed by atoms with Gasteiger partial charge in [-0.1, -0.05) is 18.2 Å². The van der Waals surface area contributed by atoms with Crippen LogP contribution in [0.5, 0.6) is 0 Å². The van der Waals surface area contributed by atoms with E-state index in [-0.39, 0.29) is 22.8 Å². The second-order valence-corrected chi connectivity index (χ2v) is 7.90. The number of nitrogens with zero attached hydrogens (tertiary/aromatic N) is 4. The molecule has 0 aromatic heterocycles. The van der Waals surface area contributed by atoms with E-state index in [1.807, 2.05) is 24.3 Å². The minimum absolute atomic E-state index is 0.0317. The van der Waals surface area contributed by atoms with Gasteiger partial charge in [-0.2, -0.15) is 0 Å². The number of allylic oxidation sites excluding steroid dienone is 3. The number of carbonyl (C=O) groups excluding carboxylic acids is 2. The number of piperazine rings is 1. The zero-order chi connectivity index (χ0) is 20.4. The van der Waals surface area contributed by atoms with Gasteiger partial charge in [-0.25, -0.2) is 4.99 Å². The van der Waals surface area contributed by atoms with Crippen LogP contribution in [0.25, 0.3) is 0 Å². The molecule has 1 unspecified atom stereocenters. The van der Waals surface area contributed by atoms with E-state index in [9.17, 15) is 19.7 Å². The molecule has 1 aromatic carbocycles. The number of rotatable bonds is 3. The third kappa shape index (κ3) is 4.14. The van der Waals surface area contributed by atoms with Crippen molar-refractivity contribution < 1.29 is 14.5 Å². The summed E-state index contributed by atoms with van der Waals surface area (Å²) in [6, 6.07) is 6.40. The molecule has 1 aliphatic carbocycles. The van der Waals surface area contributed by atoms with Crippen molar-refractivity contribution in [2.45, 2.75) is 5.25 Å². The molecule has 4 rings (SSSR count). The normalized spacial score (nSPS) is 22.5. The van der Waals surface area contributed by atoms with E-state index in [0.717, 1.165) is 5.69 Å². The van der Waals surface area contributed by atoms with Crippen LogP contribution in [0.15, 0.2) is 64.5 Å². The molecule has 0 spiro atoms. The lowest BCUT2D eigenvalue weighted by atomic mass is 10.1. The van der Waals surface area contributed by atoms with Crippen molar-refractivity contribution in [1.29, 1.82) is 0 Å². The second-order valence-electron chi connectivity index (χ2n) is 6.72. The largest absolute Gasteiger partial charge is 0.368 e. The summed E-state index contributed by atoms with van der Waals surface area (Å²) in [6.45, 7) is 2.26. The molecule has 0 saturated carbocycles. The number of hydrogen-bond donors (Lipinski definition) is 0. The molecule has 29 heavy (non-hydrogen) atoms. The van der Waals surface area contributed by atoms with Crippen molar-refractivity contribution in [1.82, 2.24) is 4.90 Å². The standard InChI is InChI=1S/C20H18N4O4S/c25-19(13-18-20(26)21-16-3-1-2-4-17(16)29-18)23-11-9-22(10-12-23)14-5-7-15(8-6-14)24(27)28/h1-8,13,17H,9-12H2/b18-13-. The molecule has 1 fully saturated rings. The minimum atomic E-state index is -0.426. The molecule has 2 aliphatic heterocycles. The first kappa shape index (κ1) is 19.1. The number of benzene rings is 1. The summed E-state index contributed by atoms with van der Waals surface area (Å²) in [7, 11) is 0. The third-order valence-electron chi connectivity index (χ3n) is 4.92. The molecule has 148 valence electrons. The number of anilines is 1. The second kappa shape index (κ2) is 8.04. The number of hydrogen-bond acceptors (Lipinski definition) is 6. The molecule has 0 radical (unpaired) electrons. The maximum atomic E-state index is 12.6. The Morgan fingerprint density at radius 2 is 1.90 bits per heavy atom. The molecular formula is C20H18N4O4S. The Hall–Kier alpha value is -3.20. The van der Waals surface area contributed by atoms with Crippen molar-refractivity contribution in [2.24, 2.45) is 4.99 Å². The fourth-order valence-corrected chi connectivity index (χ4v) is 4.35. The van der Waals surface area contributed by atoms with Crippen LogP contribution in [-0.4, -0.2) is 58.8 Å². The molecule has 2 heterocycles. The van der Waals surface area contributed by atoms with Gasteiger partial charge in [-0.05, 0) is 18.2 Å². The number of nitro groups is 1. The highest BCUT2D eigenvalue weighted by atomic mass is 32.2. The van der Waals surface area contributed by atoms with Gasteiger partial charge in [0.25, 0.3) is 11.6 Å². The Bertz CT molecular complexity index is 973. The molecule has 0 N–H and O–H groups in total. The summed E-state index contributed by atoms with van der Waals surface area (Å²) in [5, 5.41) is 10.7. The molecule has 8 nitrogen and oxygen atoms in total. The maximum Gasteiger partial charge on any atom is 0.283 e. The minimum Gasteiger partial charge on any atom is -0.368 e.